The van der Waals surface area contributed by atoms with E-state index in [0.29, 0.717) is 24.9 Å². The number of carbonyl (C=O) groups is 3. The van der Waals surface area contributed by atoms with E-state index < -0.39 is 23.4 Å². The lowest BCUT2D eigenvalue weighted by molar-refractivity contribution is -0.384. The molecule has 1 fully saturated rings. The molecule has 0 radical (unpaired) electrons. The number of nitrogens with zero attached hydrogens (tertiary/aromatic N) is 2. The van der Waals surface area contributed by atoms with Crippen molar-refractivity contribution in [3.8, 4) is 0 Å². The minimum Gasteiger partial charge on any atom is -0.452 e. The maximum Gasteiger partial charge on any atom is 0.331 e. The van der Waals surface area contributed by atoms with E-state index in [1.807, 2.05) is 0 Å². The third kappa shape index (κ3) is 4.47. The Kier molecular flexibility index (Phi) is 5.19. The molecule has 1 aliphatic heterocycles. The summed E-state index contributed by atoms with van der Waals surface area (Å²) in [6, 6.07) is 5.59. The Hall–Kier alpha value is -3.03. The largest absolute Gasteiger partial charge is 0.452 e. The number of imide groups is 1. The number of carbonyl (C=O) groups excluding carboxylic acids is 3. The van der Waals surface area contributed by atoms with E-state index in [1.165, 1.54) is 30.3 Å². The van der Waals surface area contributed by atoms with Crippen molar-refractivity contribution in [2.24, 2.45) is 0 Å². The van der Waals surface area contributed by atoms with Gasteiger partial charge in [0.25, 0.3) is 11.6 Å². The van der Waals surface area contributed by atoms with Crippen LogP contribution in [0.5, 0.6) is 0 Å². The third-order valence-corrected chi connectivity index (χ3v) is 3.23. The van der Waals surface area contributed by atoms with Gasteiger partial charge in [0, 0.05) is 31.2 Å². The van der Waals surface area contributed by atoms with E-state index >= 15 is 0 Å². The van der Waals surface area contributed by atoms with Gasteiger partial charge in [-0.05, 0) is 30.2 Å². The van der Waals surface area contributed by atoms with Crippen LogP contribution in [0.15, 0.2) is 30.3 Å². The summed E-state index contributed by atoms with van der Waals surface area (Å²) in [6.07, 6.45) is 3.48. The number of nitro benzene ring substituents is 1. The van der Waals surface area contributed by atoms with Crippen LogP contribution < -0.4 is 0 Å². The summed E-state index contributed by atoms with van der Waals surface area (Å²) in [6.45, 7) is -0.136. The van der Waals surface area contributed by atoms with E-state index in [2.05, 4.69) is 0 Å². The molecule has 1 saturated heterocycles. The van der Waals surface area contributed by atoms with Crippen LogP contribution in [0.2, 0.25) is 0 Å². The Morgan fingerprint density at radius 2 is 2.00 bits per heavy atom. The van der Waals surface area contributed by atoms with E-state index in [4.69, 9.17) is 4.74 Å². The number of hydrogen-bond donors (Lipinski definition) is 0. The Balaban J connectivity index is 1.83. The third-order valence-electron chi connectivity index (χ3n) is 3.23. The second-order valence-corrected chi connectivity index (χ2v) is 4.83. The monoisotopic (exact) mass is 318 g/mol. The molecule has 120 valence electrons. The van der Waals surface area contributed by atoms with Gasteiger partial charge in [0.05, 0.1) is 4.92 Å². The Labute approximate surface area is 131 Å². The van der Waals surface area contributed by atoms with Gasteiger partial charge in [-0.2, -0.15) is 0 Å². The number of rotatable bonds is 5. The molecular weight excluding hydrogens is 304 g/mol. The number of likely N-dealkylation sites (tertiary alicyclic amines) is 1. The molecule has 8 heteroatoms. The van der Waals surface area contributed by atoms with Crippen LogP contribution in [0.4, 0.5) is 5.69 Å². The maximum atomic E-state index is 11.7. The SMILES string of the molecule is O=C(/C=C/c1ccc([N+](=O)[O-])cc1)OCC(=O)N1CCCC1=O. The molecule has 1 aliphatic rings. The first-order valence-corrected chi connectivity index (χ1v) is 6.90. The normalized spacial score (nSPS) is 14.3. The van der Waals surface area contributed by atoms with E-state index in [-0.39, 0.29) is 11.6 Å². The lowest BCUT2D eigenvalue weighted by atomic mass is 10.2. The van der Waals surface area contributed by atoms with Crippen LogP contribution in [0, 0.1) is 10.1 Å². The molecule has 0 N–H and O–H groups in total. The van der Waals surface area contributed by atoms with Gasteiger partial charge in [0.1, 0.15) is 0 Å². The van der Waals surface area contributed by atoms with Gasteiger partial charge in [0.2, 0.25) is 5.91 Å². The summed E-state index contributed by atoms with van der Waals surface area (Å²) in [5, 5.41) is 10.5. The van der Waals surface area contributed by atoms with Crippen molar-refractivity contribution < 1.29 is 24.0 Å². The first-order valence-electron chi connectivity index (χ1n) is 6.90. The lowest BCUT2D eigenvalue weighted by Gasteiger charge is -2.12. The molecule has 1 heterocycles. The Morgan fingerprint density at radius 3 is 2.57 bits per heavy atom. The molecule has 0 aromatic heterocycles. The quantitative estimate of drug-likeness (QED) is 0.350. The summed E-state index contributed by atoms with van der Waals surface area (Å²) in [5.74, 6) is -1.53. The standard InChI is InChI=1S/C15H14N2O6/c18-13-2-1-9-16(13)14(19)10-23-15(20)8-5-11-3-6-12(7-4-11)17(21)22/h3-8H,1-2,9-10H2/b8-5+. The minimum atomic E-state index is -0.733. The van der Waals surface area contributed by atoms with Crippen LogP contribution in [0.1, 0.15) is 18.4 Å². The maximum absolute atomic E-state index is 11.7. The molecule has 23 heavy (non-hydrogen) atoms. The van der Waals surface area contributed by atoms with E-state index in [9.17, 15) is 24.5 Å². The summed E-state index contributed by atoms with van der Waals surface area (Å²) in [4.78, 5) is 45.6. The van der Waals surface area contributed by atoms with Crippen LogP contribution in [0.25, 0.3) is 6.08 Å². The summed E-state index contributed by atoms with van der Waals surface area (Å²) >= 11 is 0. The topological polar surface area (TPSA) is 107 Å². The fourth-order valence-electron chi connectivity index (χ4n) is 2.04. The minimum absolute atomic E-state index is 0.0504. The first kappa shape index (κ1) is 16.3. The second kappa shape index (κ2) is 7.30. The highest BCUT2D eigenvalue weighted by Gasteiger charge is 2.26. The van der Waals surface area contributed by atoms with Crippen molar-refractivity contribution in [3.05, 3.63) is 46.0 Å². The molecular formula is C15H14N2O6. The second-order valence-electron chi connectivity index (χ2n) is 4.83. The van der Waals surface area contributed by atoms with Crippen LogP contribution >= 0.6 is 0 Å². The van der Waals surface area contributed by atoms with E-state index in [1.54, 1.807) is 0 Å². The number of nitro groups is 1. The molecule has 1 aromatic rings. The molecule has 8 nitrogen and oxygen atoms in total. The molecule has 0 unspecified atom stereocenters. The zero-order valence-electron chi connectivity index (χ0n) is 12.1. The van der Waals surface area contributed by atoms with Gasteiger partial charge in [-0.1, -0.05) is 0 Å². The smallest absolute Gasteiger partial charge is 0.331 e. The summed E-state index contributed by atoms with van der Waals surface area (Å²) in [7, 11) is 0. The number of ether oxygens (including phenoxy) is 1. The fourth-order valence-corrected chi connectivity index (χ4v) is 2.04. The molecule has 2 rings (SSSR count). The number of esters is 1. The lowest BCUT2D eigenvalue weighted by Crippen LogP contribution is -2.35. The highest BCUT2D eigenvalue weighted by Crippen LogP contribution is 2.13. The van der Waals surface area contributed by atoms with Crippen molar-refractivity contribution in [2.45, 2.75) is 12.8 Å². The van der Waals surface area contributed by atoms with Crippen molar-refractivity contribution >= 4 is 29.5 Å². The highest BCUT2D eigenvalue weighted by atomic mass is 16.6. The summed E-state index contributed by atoms with van der Waals surface area (Å²) in [5.41, 5.74) is 0.527. The molecule has 0 spiro atoms. The van der Waals surface area contributed by atoms with Gasteiger partial charge in [0.15, 0.2) is 6.61 Å². The van der Waals surface area contributed by atoms with E-state index in [0.717, 1.165) is 11.0 Å². The summed E-state index contributed by atoms with van der Waals surface area (Å²) < 4.78 is 4.77. The first-order chi connectivity index (χ1) is 11.0. The van der Waals surface area contributed by atoms with Crippen LogP contribution in [-0.4, -0.2) is 40.8 Å². The predicted octanol–water partition coefficient (Wildman–Crippen LogP) is 1.30. The predicted molar refractivity (Wildman–Crippen MR) is 79.0 cm³/mol. The van der Waals surface area contributed by atoms with Gasteiger partial charge in [-0.3, -0.25) is 24.6 Å². The Bertz CT molecular complexity index is 665. The van der Waals surface area contributed by atoms with Crippen molar-refractivity contribution in [1.29, 1.82) is 0 Å². The number of benzene rings is 1. The molecule has 1 aromatic carbocycles. The Morgan fingerprint density at radius 1 is 1.30 bits per heavy atom. The number of non-ortho nitro benzene ring substituents is 1. The highest BCUT2D eigenvalue weighted by molar-refractivity contribution is 5.98. The number of amides is 2. The average molecular weight is 318 g/mol. The fraction of sp³-hybridized carbons (Fsp3) is 0.267. The molecule has 0 bridgehead atoms. The molecule has 2 amide bonds. The van der Waals surface area contributed by atoms with Crippen LogP contribution in [0.3, 0.4) is 0 Å². The van der Waals surface area contributed by atoms with Gasteiger partial charge in [-0.15, -0.1) is 0 Å². The van der Waals surface area contributed by atoms with Gasteiger partial charge < -0.3 is 4.74 Å². The van der Waals surface area contributed by atoms with Crippen molar-refractivity contribution in [2.75, 3.05) is 13.2 Å². The molecule has 0 saturated carbocycles. The van der Waals surface area contributed by atoms with Gasteiger partial charge >= 0.3 is 5.97 Å². The number of hydrogen-bond acceptors (Lipinski definition) is 6. The van der Waals surface area contributed by atoms with Gasteiger partial charge in [-0.25, -0.2) is 4.79 Å². The average Bonchev–Trinajstić information content (AvgIpc) is 2.97. The zero-order valence-corrected chi connectivity index (χ0v) is 12.1. The molecule has 0 aliphatic carbocycles. The van der Waals surface area contributed by atoms with Crippen molar-refractivity contribution in [3.63, 3.8) is 0 Å². The molecule has 0 atom stereocenters. The van der Waals surface area contributed by atoms with Crippen molar-refractivity contribution in [1.82, 2.24) is 4.90 Å². The van der Waals surface area contributed by atoms with Crippen LogP contribution in [-0.2, 0) is 19.1 Å². The zero-order chi connectivity index (χ0) is 16.8.